The normalized spacial score (nSPS) is 11.9. The lowest BCUT2D eigenvalue weighted by Crippen LogP contribution is -2.53. The van der Waals surface area contributed by atoms with Crippen LogP contribution >= 0.6 is 39.1 Å². The van der Waals surface area contributed by atoms with Crippen LogP contribution in [0.1, 0.15) is 30.0 Å². The van der Waals surface area contributed by atoms with E-state index in [2.05, 4.69) is 21.2 Å². The molecule has 11 heteroatoms. The van der Waals surface area contributed by atoms with Gasteiger partial charge in [-0.25, -0.2) is 8.42 Å². The highest BCUT2D eigenvalue weighted by molar-refractivity contribution is 9.10. The van der Waals surface area contributed by atoms with Crippen molar-refractivity contribution in [3.8, 4) is 0 Å². The number of halogens is 3. The quantitative estimate of drug-likeness (QED) is 0.155. The van der Waals surface area contributed by atoms with Gasteiger partial charge in [0.15, 0.2) is 0 Å². The van der Waals surface area contributed by atoms with Crippen molar-refractivity contribution in [3.05, 3.63) is 128 Å². The Bertz CT molecular complexity index is 1700. The van der Waals surface area contributed by atoms with Gasteiger partial charge in [0.2, 0.25) is 11.8 Å². The molecule has 7 nitrogen and oxygen atoms in total. The van der Waals surface area contributed by atoms with Gasteiger partial charge >= 0.3 is 0 Å². The third-order valence-corrected chi connectivity index (χ3v) is 10.2. The van der Waals surface area contributed by atoms with E-state index in [0.717, 1.165) is 19.9 Å². The molecule has 1 atom stereocenters. The fourth-order valence-corrected chi connectivity index (χ4v) is 6.94. The van der Waals surface area contributed by atoms with Gasteiger partial charge < -0.3 is 10.2 Å². The number of sulfonamides is 1. The van der Waals surface area contributed by atoms with Gasteiger partial charge in [-0.05, 0) is 67.4 Å². The molecule has 4 rings (SSSR count). The van der Waals surface area contributed by atoms with E-state index in [0.29, 0.717) is 28.6 Å². The summed E-state index contributed by atoms with van der Waals surface area (Å²) in [4.78, 5) is 29.7. The molecule has 4 aromatic rings. The van der Waals surface area contributed by atoms with Crippen LogP contribution in [-0.4, -0.2) is 44.3 Å². The molecule has 45 heavy (non-hydrogen) atoms. The maximum absolute atomic E-state index is 14.5. The summed E-state index contributed by atoms with van der Waals surface area (Å²) in [7, 11) is -4.20. The Kier molecular flexibility index (Phi) is 12.1. The molecular formula is C34H34BrCl2N3O4S. The van der Waals surface area contributed by atoms with E-state index >= 15 is 0 Å². The fraction of sp³-hybridized carbons (Fsp3) is 0.235. The van der Waals surface area contributed by atoms with Crippen LogP contribution in [0.2, 0.25) is 10.0 Å². The highest BCUT2D eigenvalue weighted by Crippen LogP contribution is 2.29. The van der Waals surface area contributed by atoms with Crippen LogP contribution in [0.3, 0.4) is 0 Å². The molecule has 0 spiro atoms. The van der Waals surface area contributed by atoms with Gasteiger partial charge in [-0.1, -0.05) is 100 Å². The van der Waals surface area contributed by atoms with E-state index in [4.69, 9.17) is 23.2 Å². The molecule has 236 valence electrons. The maximum atomic E-state index is 14.5. The van der Waals surface area contributed by atoms with Crippen molar-refractivity contribution in [2.75, 3.05) is 17.4 Å². The van der Waals surface area contributed by atoms with Crippen molar-refractivity contribution in [3.63, 3.8) is 0 Å². The van der Waals surface area contributed by atoms with Gasteiger partial charge in [-0.15, -0.1) is 0 Å². The average molecular weight is 732 g/mol. The minimum atomic E-state index is -4.20. The highest BCUT2D eigenvalue weighted by Gasteiger charge is 2.35. The van der Waals surface area contributed by atoms with Gasteiger partial charge in [0.05, 0.1) is 10.6 Å². The number of hydrogen-bond acceptors (Lipinski definition) is 4. The first-order valence-corrected chi connectivity index (χ1v) is 17.4. The van der Waals surface area contributed by atoms with Crippen LogP contribution in [0.15, 0.2) is 106 Å². The Morgan fingerprint density at radius 2 is 1.49 bits per heavy atom. The minimum absolute atomic E-state index is 0.0334. The predicted molar refractivity (Wildman–Crippen MR) is 184 cm³/mol. The van der Waals surface area contributed by atoms with E-state index in [-0.39, 0.29) is 29.5 Å². The molecule has 0 aliphatic carbocycles. The first-order chi connectivity index (χ1) is 21.5. The van der Waals surface area contributed by atoms with E-state index in [9.17, 15) is 18.0 Å². The lowest BCUT2D eigenvalue weighted by molar-refractivity contribution is -0.140. The molecule has 0 fully saturated rings. The summed E-state index contributed by atoms with van der Waals surface area (Å²) in [6, 6.07) is 26.4. The van der Waals surface area contributed by atoms with Crippen molar-refractivity contribution in [2.45, 2.75) is 44.2 Å². The minimum Gasteiger partial charge on any atom is -0.354 e. The number of nitrogens with one attached hydrogen (secondary N) is 1. The van der Waals surface area contributed by atoms with Gasteiger partial charge in [-0.3, -0.25) is 13.9 Å². The molecule has 0 bridgehead atoms. The van der Waals surface area contributed by atoms with Crippen molar-refractivity contribution in [1.82, 2.24) is 10.2 Å². The number of benzene rings is 4. The van der Waals surface area contributed by atoms with Crippen LogP contribution in [0, 0.1) is 6.92 Å². The largest absolute Gasteiger partial charge is 0.354 e. The summed E-state index contributed by atoms with van der Waals surface area (Å²) in [6.07, 6.45) is 0.882. The SMILES string of the molecule is CCCNC(=O)[C@H](Cc1ccccc1)N(Cc1c(Cl)cccc1Cl)C(=O)CN(c1ccc(Br)cc1)S(=O)(=O)c1ccc(C)cc1. The van der Waals surface area contributed by atoms with E-state index in [1.54, 1.807) is 54.6 Å². The van der Waals surface area contributed by atoms with Gasteiger partial charge in [0, 0.05) is 39.6 Å². The Labute approximate surface area is 283 Å². The second-order valence-electron chi connectivity index (χ2n) is 10.5. The van der Waals surface area contributed by atoms with Crippen molar-refractivity contribution in [1.29, 1.82) is 0 Å². The van der Waals surface area contributed by atoms with Crippen molar-refractivity contribution < 1.29 is 18.0 Å². The molecule has 0 unspecified atom stereocenters. The Hall–Kier alpha value is -3.37. The maximum Gasteiger partial charge on any atom is 0.264 e. The molecule has 1 N–H and O–H groups in total. The second-order valence-corrected chi connectivity index (χ2v) is 14.1. The number of nitrogens with zero attached hydrogens (tertiary/aromatic N) is 2. The van der Waals surface area contributed by atoms with E-state index < -0.39 is 28.5 Å². The first kappa shape index (κ1) is 34.5. The van der Waals surface area contributed by atoms with Crippen LogP contribution in [-0.2, 0) is 32.6 Å². The molecule has 0 aliphatic rings. The van der Waals surface area contributed by atoms with Gasteiger partial charge in [0.1, 0.15) is 12.6 Å². The van der Waals surface area contributed by atoms with Gasteiger partial charge in [-0.2, -0.15) is 0 Å². The topological polar surface area (TPSA) is 86.8 Å². The zero-order valence-electron chi connectivity index (χ0n) is 24.9. The molecule has 0 heterocycles. The monoisotopic (exact) mass is 729 g/mol. The lowest BCUT2D eigenvalue weighted by Gasteiger charge is -2.34. The Morgan fingerprint density at radius 1 is 0.867 bits per heavy atom. The molecule has 0 saturated carbocycles. The number of hydrogen-bond donors (Lipinski definition) is 1. The van der Waals surface area contributed by atoms with Crippen molar-refractivity contribution >= 4 is 66.7 Å². The Balaban J connectivity index is 1.82. The number of amides is 2. The summed E-state index contributed by atoms with van der Waals surface area (Å²) < 4.78 is 30.0. The third kappa shape index (κ3) is 8.88. The number of rotatable bonds is 13. The molecule has 0 radical (unpaired) electrons. The number of aryl methyl sites for hydroxylation is 1. The van der Waals surface area contributed by atoms with E-state index in [1.165, 1.54) is 17.0 Å². The third-order valence-electron chi connectivity index (χ3n) is 7.21. The number of anilines is 1. The summed E-state index contributed by atoms with van der Waals surface area (Å²) in [5.74, 6) is -0.967. The lowest BCUT2D eigenvalue weighted by atomic mass is 10.0. The second kappa shape index (κ2) is 15.8. The summed E-state index contributed by atoms with van der Waals surface area (Å²) in [6.45, 7) is 3.51. The molecular weight excluding hydrogens is 697 g/mol. The van der Waals surface area contributed by atoms with Crippen LogP contribution < -0.4 is 9.62 Å². The van der Waals surface area contributed by atoms with Crippen LogP contribution in [0.4, 0.5) is 5.69 Å². The Morgan fingerprint density at radius 3 is 2.09 bits per heavy atom. The zero-order valence-corrected chi connectivity index (χ0v) is 28.8. The summed E-state index contributed by atoms with van der Waals surface area (Å²) >= 11 is 16.5. The van der Waals surface area contributed by atoms with Crippen LogP contribution in [0.25, 0.3) is 0 Å². The summed E-state index contributed by atoms with van der Waals surface area (Å²) in [5, 5.41) is 3.57. The molecule has 0 aliphatic heterocycles. The first-order valence-electron chi connectivity index (χ1n) is 14.4. The van der Waals surface area contributed by atoms with Crippen LogP contribution in [0.5, 0.6) is 0 Å². The average Bonchev–Trinajstić information content (AvgIpc) is 3.02. The van der Waals surface area contributed by atoms with Gasteiger partial charge in [0.25, 0.3) is 10.0 Å². The number of carbonyl (C=O) groups excluding carboxylic acids is 2. The fourth-order valence-electron chi connectivity index (χ4n) is 4.75. The van der Waals surface area contributed by atoms with E-state index in [1.807, 2.05) is 44.2 Å². The van der Waals surface area contributed by atoms with Crippen molar-refractivity contribution in [2.24, 2.45) is 0 Å². The zero-order chi connectivity index (χ0) is 32.6. The highest BCUT2D eigenvalue weighted by atomic mass is 79.9. The summed E-state index contributed by atoms with van der Waals surface area (Å²) in [5.41, 5.74) is 2.46. The molecule has 0 aromatic heterocycles. The standard InChI is InChI=1S/C34H34BrCl2N3O4S/c1-3-20-38-34(42)32(21-25-8-5-4-6-9-25)39(22-29-30(36)10-7-11-31(29)37)33(41)23-40(27-16-14-26(35)15-17-27)45(43,44)28-18-12-24(2)13-19-28/h4-19,32H,3,20-23H2,1-2H3,(H,38,42)/t32-/m0/s1. The predicted octanol–water partition coefficient (Wildman–Crippen LogP) is 7.43. The smallest absolute Gasteiger partial charge is 0.264 e. The number of carbonyl (C=O) groups is 2. The molecule has 0 saturated heterocycles. The molecule has 4 aromatic carbocycles. The molecule has 2 amide bonds.